The maximum absolute atomic E-state index is 12.4. The van der Waals surface area contributed by atoms with Crippen molar-refractivity contribution >= 4 is 39.0 Å². The van der Waals surface area contributed by atoms with Crippen molar-refractivity contribution < 1.29 is 14.3 Å². The van der Waals surface area contributed by atoms with Crippen LogP contribution >= 0.6 is 11.3 Å². The predicted molar refractivity (Wildman–Crippen MR) is 113 cm³/mol. The molecule has 0 aliphatic rings. The standard InChI is InChI=1S/C21H25N3O3S/c1-5-10-26-16-8-6-15(7-9-16)24-19-17-14(4)18(21(25)27-11-13(2)3)28-20(17)23-12-22-19/h6-9,12-13H,5,10-11H2,1-4H3,(H,22,23,24). The van der Waals surface area contributed by atoms with Gasteiger partial charge in [0.2, 0.25) is 0 Å². The van der Waals surface area contributed by atoms with E-state index in [1.165, 1.54) is 17.7 Å². The van der Waals surface area contributed by atoms with Crippen LogP contribution in [0.25, 0.3) is 10.2 Å². The topological polar surface area (TPSA) is 73.3 Å². The third kappa shape index (κ3) is 4.59. The predicted octanol–water partition coefficient (Wildman–Crippen LogP) is 5.34. The molecular weight excluding hydrogens is 374 g/mol. The largest absolute Gasteiger partial charge is 0.494 e. The summed E-state index contributed by atoms with van der Waals surface area (Å²) in [6.07, 6.45) is 2.47. The highest BCUT2D eigenvalue weighted by molar-refractivity contribution is 7.20. The van der Waals surface area contributed by atoms with Crippen molar-refractivity contribution in [2.45, 2.75) is 34.1 Å². The van der Waals surface area contributed by atoms with E-state index in [9.17, 15) is 4.79 Å². The second kappa shape index (κ2) is 9.01. The number of hydrogen-bond acceptors (Lipinski definition) is 7. The Labute approximate surface area is 168 Å². The number of aryl methyl sites for hydroxylation is 1. The van der Waals surface area contributed by atoms with Crippen LogP contribution in [0.1, 0.15) is 42.4 Å². The van der Waals surface area contributed by atoms with Gasteiger partial charge in [-0.25, -0.2) is 14.8 Å². The molecular formula is C21H25N3O3S. The summed E-state index contributed by atoms with van der Waals surface area (Å²) in [5, 5.41) is 4.16. The van der Waals surface area contributed by atoms with Crippen molar-refractivity contribution in [3.8, 4) is 5.75 Å². The number of esters is 1. The average molecular weight is 400 g/mol. The molecule has 3 aromatic rings. The zero-order valence-electron chi connectivity index (χ0n) is 16.6. The number of ether oxygens (including phenoxy) is 2. The molecule has 0 spiro atoms. The van der Waals surface area contributed by atoms with Crippen LogP contribution in [-0.4, -0.2) is 29.2 Å². The Morgan fingerprint density at radius 1 is 1.21 bits per heavy atom. The molecule has 0 atom stereocenters. The van der Waals surface area contributed by atoms with Crippen LogP contribution in [0.5, 0.6) is 5.75 Å². The summed E-state index contributed by atoms with van der Waals surface area (Å²) in [4.78, 5) is 22.5. The number of benzene rings is 1. The van der Waals surface area contributed by atoms with Crippen LogP contribution in [-0.2, 0) is 4.74 Å². The highest BCUT2D eigenvalue weighted by Crippen LogP contribution is 2.35. The number of fused-ring (bicyclic) bond motifs is 1. The molecule has 2 aromatic heterocycles. The van der Waals surface area contributed by atoms with Crippen molar-refractivity contribution in [2.75, 3.05) is 18.5 Å². The number of anilines is 2. The molecule has 148 valence electrons. The van der Waals surface area contributed by atoms with Crippen LogP contribution in [0.3, 0.4) is 0 Å². The van der Waals surface area contributed by atoms with E-state index in [2.05, 4.69) is 22.2 Å². The summed E-state index contributed by atoms with van der Waals surface area (Å²) in [6, 6.07) is 7.73. The van der Waals surface area contributed by atoms with Gasteiger partial charge < -0.3 is 14.8 Å². The Kier molecular flexibility index (Phi) is 6.46. The Balaban J connectivity index is 1.85. The van der Waals surface area contributed by atoms with E-state index in [1.54, 1.807) is 0 Å². The van der Waals surface area contributed by atoms with Crippen molar-refractivity contribution in [3.05, 3.63) is 41.0 Å². The monoisotopic (exact) mass is 399 g/mol. The van der Waals surface area contributed by atoms with Crippen molar-refractivity contribution in [1.29, 1.82) is 0 Å². The molecule has 0 amide bonds. The highest BCUT2D eigenvalue weighted by atomic mass is 32.1. The first-order valence-corrected chi connectivity index (χ1v) is 10.2. The van der Waals surface area contributed by atoms with Gasteiger partial charge in [0, 0.05) is 5.69 Å². The van der Waals surface area contributed by atoms with E-state index < -0.39 is 0 Å². The lowest BCUT2D eigenvalue weighted by Gasteiger charge is -2.09. The molecule has 0 saturated carbocycles. The number of carbonyl (C=O) groups excluding carboxylic acids is 1. The van der Waals surface area contributed by atoms with Gasteiger partial charge in [0.05, 0.1) is 18.6 Å². The minimum atomic E-state index is -0.308. The van der Waals surface area contributed by atoms with E-state index >= 15 is 0 Å². The lowest BCUT2D eigenvalue weighted by atomic mass is 10.2. The van der Waals surface area contributed by atoms with Gasteiger partial charge in [0.1, 0.15) is 27.6 Å². The number of rotatable bonds is 8. The molecule has 0 fully saturated rings. The van der Waals surface area contributed by atoms with Crippen LogP contribution in [0.15, 0.2) is 30.6 Å². The maximum Gasteiger partial charge on any atom is 0.348 e. The average Bonchev–Trinajstić information content (AvgIpc) is 3.03. The minimum Gasteiger partial charge on any atom is -0.494 e. The summed E-state index contributed by atoms with van der Waals surface area (Å²) >= 11 is 1.33. The van der Waals surface area contributed by atoms with E-state index in [0.29, 0.717) is 29.8 Å². The molecule has 0 radical (unpaired) electrons. The molecule has 0 bridgehead atoms. The molecule has 0 aliphatic heterocycles. The number of nitrogens with one attached hydrogen (secondary N) is 1. The second-order valence-corrected chi connectivity index (χ2v) is 7.95. The quantitative estimate of drug-likeness (QED) is 0.515. The molecule has 3 rings (SSSR count). The lowest BCUT2D eigenvalue weighted by Crippen LogP contribution is -2.09. The molecule has 28 heavy (non-hydrogen) atoms. The SMILES string of the molecule is CCCOc1ccc(Nc2ncnc3sc(C(=O)OCC(C)C)c(C)c23)cc1. The van der Waals surface area contributed by atoms with Crippen LogP contribution in [0, 0.1) is 12.8 Å². The van der Waals surface area contributed by atoms with Gasteiger partial charge in [-0.15, -0.1) is 11.3 Å². The van der Waals surface area contributed by atoms with E-state index in [0.717, 1.165) is 33.6 Å². The number of thiophene rings is 1. The second-order valence-electron chi connectivity index (χ2n) is 6.95. The summed E-state index contributed by atoms with van der Waals surface area (Å²) in [5.74, 6) is 1.49. The summed E-state index contributed by atoms with van der Waals surface area (Å²) < 4.78 is 11.0. The third-order valence-electron chi connectivity index (χ3n) is 4.05. The first-order valence-electron chi connectivity index (χ1n) is 9.40. The fourth-order valence-corrected chi connectivity index (χ4v) is 3.70. The first kappa shape index (κ1) is 20.1. The molecule has 0 unspecified atom stereocenters. The molecule has 7 heteroatoms. The minimum absolute atomic E-state index is 0.292. The van der Waals surface area contributed by atoms with Crippen molar-refractivity contribution in [3.63, 3.8) is 0 Å². The number of nitrogens with zero attached hydrogens (tertiary/aromatic N) is 2. The van der Waals surface area contributed by atoms with E-state index in [1.807, 2.05) is 45.0 Å². The van der Waals surface area contributed by atoms with Crippen LogP contribution in [0.4, 0.5) is 11.5 Å². The van der Waals surface area contributed by atoms with Gasteiger partial charge in [-0.2, -0.15) is 0 Å². The van der Waals surface area contributed by atoms with Gasteiger partial charge in [-0.3, -0.25) is 0 Å². The lowest BCUT2D eigenvalue weighted by molar-refractivity contribution is 0.0464. The summed E-state index contributed by atoms with van der Waals surface area (Å²) in [7, 11) is 0. The molecule has 0 saturated heterocycles. The van der Waals surface area contributed by atoms with Gasteiger partial charge in [0.15, 0.2) is 0 Å². The third-order valence-corrected chi connectivity index (χ3v) is 5.23. The fraction of sp³-hybridized carbons (Fsp3) is 0.381. The van der Waals surface area contributed by atoms with Crippen molar-refractivity contribution in [1.82, 2.24) is 9.97 Å². The number of carbonyl (C=O) groups is 1. The number of hydrogen-bond donors (Lipinski definition) is 1. The summed E-state index contributed by atoms with van der Waals surface area (Å²) in [5.41, 5.74) is 1.72. The normalized spacial score (nSPS) is 11.0. The van der Waals surface area contributed by atoms with Gasteiger partial charge in [-0.1, -0.05) is 20.8 Å². The molecule has 1 aromatic carbocycles. The Morgan fingerprint density at radius 2 is 1.96 bits per heavy atom. The van der Waals surface area contributed by atoms with Crippen LogP contribution in [0.2, 0.25) is 0 Å². The number of aromatic nitrogens is 2. The summed E-state index contributed by atoms with van der Waals surface area (Å²) in [6.45, 7) is 9.10. The maximum atomic E-state index is 12.4. The van der Waals surface area contributed by atoms with E-state index in [-0.39, 0.29) is 5.97 Å². The van der Waals surface area contributed by atoms with Gasteiger partial charge >= 0.3 is 5.97 Å². The van der Waals surface area contributed by atoms with Gasteiger partial charge in [-0.05, 0) is 49.1 Å². The van der Waals surface area contributed by atoms with Crippen LogP contribution < -0.4 is 10.1 Å². The van der Waals surface area contributed by atoms with E-state index in [4.69, 9.17) is 9.47 Å². The Morgan fingerprint density at radius 3 is 2.64 bits per heavy atom. The molecule has 1 N–H and O–H groups in total. The Bertz CT molecular complexity index is 951. The molecule has 6 nitrogen and oxygen atoms in total. The first-order chi connectivity index (χ1) is 13.5. The van der Waals surface area contributed by atoms with Gasteiger partial charge in [0.25, 0.3) is 0 Å². The zero-order valence-corrected chi connectivity index (χ0v) is 17.4. The fourth-order valence-electron chi connectivity index (χ4n) is 2.66. The Hall–Kier alpha value is -2.67. The van der Waals surface area contributed by atoms with Crippen molar-refractivity contribution in [2.24, 2.45) is 5.92 Å². The molecule has 2 heterocycles. The highest BCUT2D eigenvalue weighted by Gasteiger charge is 2.20. The smallest absolute Gasteiger partial charge is 0.348 e. The molecule has 0 aliphatic carbocycles. The zero-order chi connectivity index (χ0) is 20.1.